The van der Waals surface area contributed by atoms with Gasteiger partial charge in [0.05, 0.1) is 5.69 Å². The minimum absolute atomic E-state index is 0.298. The SMILES string of the molecule is Cc1nc(NC(C)C)sc1C(=O)OC(C)(C)C. The molecule has 1 rings (SSSR count). The highest BCUT2D eigenvalue weighted by Crippen LogP contribution is 2.25. The maximum atomic E-state index is 11.9. The summed E-state index contributed by atoms with van der Waals surface area (Å²) >= 11 is 1.34. The molecule has 0 saturated heterocycles. The normalized spacial score (nSPS) is 11.7. The fourth-order valence-electron chi connectivity index (χ4n) is 1.22. The third-order valence-electron chi connectivity index (χ3n) is 1.79. The zero-order chi connectivity index (χ0) is 13.2. The number of nitrogens with zero attached hydrogens (tertiary/aromatic N) is 1. The van der Waals surface area contributed by atoms with Crippen molar-refractivity contribution in [2.45, 2.75) is 53.2 Å². The van der Waals surface area contributed by atoms with Gasteiger partial charge >= 0.3 is 5.97 Å². The van der Waals surface area contributed by atoms with E-state index in [0.29, 0.717) is 16.6 Å². The fraction of sp³-hybridized carbons (Fsp3) is 0.667. The highest BCUT2D eigenvalue weighted by molar-refractivity contribution is 7.17. The molecule has 17 heavy (non-hydrogen) atoms. The van der Waals surface area contributed by atoms with Crippen LogP contribution in [0.25, 0.3) is 0 Å². The largest absolute Gasteiger partial charge is 0.456 e. The van der Waals surface area contributed by atoms with E-state index in [-0.39, 0.29) is 5.97 Å². The van der Waals surface area contributed by atoms with Crippen molar-refractivity contribution in [2.24, 2.45) is 0 Å². The monoisotopic (exact) mass is 256 g/mol. The molecule has 0 aromatic carbocycles. The van der Waals surface area contributed by atoms with E-state index in [1.54, 1.807) is 0 Å². The zero-order valence-corrected chi connectivity index (χ0v) is 12.1. The summed E-state index contributed by atoms with van der Waals surface area (Å²) < 4.78 is 5.33. The number of carbonyl (C=O) groups excluding carboxylic acids is 1. The number of hydrogen-bond donors (Lipinski definition) is 1. The number of carbonyl (C=O) groups is 1. The Balaban J connectivity index is 2.84. The third-order valence-corrected chi connectivity index (χ3v) is 2.86. The summed E-state index contributed by atoms with van der Waals surface area (Å²) in [6.07, 6.45) is 0. The molecule has 0 aliphatic carbocycles. The molecule has 1 heterocycles. The molecule has 0 radical (unpaired) electrons. The van der Waals surface area contributed by atoms with Gasteiger partial charge in [0.15, 0.2) is 5.13 Å². The number of rotatable bonds is 3. The standard InChI is InChI=1S/C12H20N2O2S/c1-7(2)13-11-14-8(3)9(17-11)10(15)16-12(4,5)6/h7H,1-6H3,(H,13,14). The van der Waals surface area contributed by atoms with E-state index in [1.165, 1.54) is 11.3 Å². The second kappa shape index (κ2) is 5.04. The van der Waals surface area contributed by atoms with E-state index in [9.17, 15) is 4.79 Å². The molecule has 96 valence electrons. The summed E-state index contributed by atoms with van der Waals surface area (Å²) in [6, 6.07) is 0.298. The highest BCUT2D eigenvalue weighted by atomic mass is 32.1. The molecule has 0 bridgehead atoms. The molecule has 4 nitrogen and oxygen atoms in total. The quantitative estimate of drug-likeness (QED) is 0.844. The smallest absolute Gasteiger partial charge is 0.350 e. The average molecular weight is 256 g/mol. The average Bonchev–Trinajstić information content (AvgIpc) is 2.42. The summed E-state index contributed by atoms with van der Waals surface area (Å²) in [6.45, 7) is 11.5. The maximum absolute atomic E-state index is 11.9. The van der Waals surface area contributed by atoms with Crippen LogP contribution in [0, 0.1) is 6.92 Å². The molecule has 0 unspecified atom stereocenters. The molecule has 1 aromatic heterocycles. The minimum Gasteiger partial charge on any atom is -0.456 e. The van der Waals surface area contributed by atoms with Gasteiger partial charge in [0.1, 0.15) is 10.5 Å². The van der Waals surface area contributed by atoms with E-state index >= 15 is 0 Å². The Hall–Kier alpha value is -1.10. The lowest BCUT2D eigenvalue weighted by Gasteiger charge is -2.18. The number of aromatic nitrogens is 1. The van der Waals surface area contributed by atoms with Crippen molar-refractivity contribution in [3.05, 3.63) is 10.6 Å². The van der Waals surface area contributed by atoms with Gasteiger partial charge in [0, 0.05) is 6.04 Å². The lowest BCUT2D eigenvalue weighted by Crippen LogP contribution is -2.23. The predicted molar refractivity (Wildman–Crippen MR) is 70.8 cm³/mol. The van der Waals surface area contributed by atoms with Crippen molar-refractivity contribution in [1.82, 2.24) is 4.98 Å². The zero-order valence-electron chi connectivity index (χ0n) is 11.2. The van der Waals surface area contributed by atoms with Gasteiger partial charge in [0.25, 0.3) is 0 Å². The number of aryl methyl sites for hydroxylation is 1. The van der Waals surface area contributed by atoms with E-state index in [4.69, 9.17) is 4.74 Å². The Morgan fingerprint density at radius 3 is 2.47 bits per heavy atom. The van der Waals surface area contributed by atoms with Crippen LogP contribution in [0.5, 0.6) is 0 Å². The van der Waals surface area contributed by atoms with Gasteiger partial charge in [-0.3, -0.25) is 0 Å². The molecular weight excluding hydrogens is 236 g/mol. The van der Waals surface area contributed by atoms with Gasteiger partial charge in [-0.25, -0.2) is 9.78 Å². The van der Waals surface area contributed by atoms with Crippen molar-refractivity contribution >= 4 is 22.4 Å². The fourth-order valence-corrected chi connectivity index (χ4v) is 2.21. The number of nitrogens with one attached hydrogen (secondary N) is 1. The molecule has 0 aliphatic heterocycles. The topological polar surface area (TPSA) is 51.2 Å². The number of hydrogen-bond acceptors (Lipinski definition) is 5. The summed E-state index contributed by atoms with van der Waals surface area (Å²) in [5, 5.41) is 3.95. The van der Waals surface area contributed by atoms with Crippen LogP contribution >= 0.6 is 11.3 Å². The van der Waals surface area contributed by atoms with Crippen molar-refractivity contribution in [3.63, 3.8) is 0 Å². The van der Waals surface area contributed by atoms with Crippen LogP contribution in [-0.4, -0.2) is 22.6 Å². The molecule has 0 spiro atoms. The van der Waals surface area contributed by atoms with E-state index in [0.717, 1.165) is 5.13 Å². The van der Waals surface area contributed by atoms with E-state index in [2.05, 4.69) is 10.3 Å². The lowest BCUT2D eigenvalue weighted by molar-refractivity contribution is 0.00742. The maximum Gasteiger partial charge on any atom is 0.350 e. The van der Waals surface area contributed by atoms with Crippen LogP contribution < -0.4 is 5.32 Å². The lowest BCUT2D eigenvalue weighted by atomic mass is 10.2. The molecule has 5 heteroatoms. The van der Waals surface area contributed by atoms with Crippen LogP contribution in [0.15, 0.2) is 0 Å². The summed E-state index contributed by atoms with van der Waals surface area (Å²) in [5.74, 6) is -0.302. The van der Waals surface area contributed by atoms with E-state index in [1.807, 2.05) is 41.5 Å². The Morgan fingerprint density at radius 1 is 1.41 bits per heavy atom. The highest BCUT2D eigenvalue weighted by Gasteiger charge is 2.22. The minimum atomic E-state index is -0.473. The first-order chi connectivity index (χ1) is 7.69. The molecule has 0 aliphatic rings. The predicted octanol–water partition coefficient (Wildman–Crippen LogP) is 3.23. The van der Waals surface area contributed by atoms with Gasteiger partial charge in [-0.2, -0.15) is 0 Å². The second-order valence-electron chi connectivity index (χ2n) is 5.23. The third kappa shape index (κ3) is 4.34. The van der Waals surface area contributed by atoms with Crippen LogP contribution in [0.1, 0.15) is 50.0 Å². The number of ether oxygens (including phenoxy) is 1. The first kappa shape index (κ1) is 14.0. The Kier molecular flexibility index (Phi) is 4.14. The van der Waals surface area contributed by atoms with Gasteiger partial charge in [-0.05, 0) is 41.5 Å². The molecule has 0 amide bonds. The van der Waals surface area contributed by atoms with Crippen LogP contribution in [0.3, 0.4) is 0 Å². The molecule has 0 atom stereocenters. The van der Waals surface area contributed by atoms with Crippen LogP contribution in [-0.2, 0) is 4.74 Å². The number of anilines is 1. The first-order valence-electron chi connectivity index (χ1n) is 5.66. The Bertz CT molecular complexity index is 405. The molecule has 1 aromatic rings. The van der Waals surface area contributed by atoms with Crippen molar-refractivity contribution < 1.29 is 9.53 Å². The Labute approximate surface area is 106 Å². The van der Waals surface area contributed by atoms with Gasteiger partial charge in [-0.15, -0.1) is 0 Å². The van der Waals surface area contributed by atoms with Crippen LogP contribution in [0.4, 0.5) is 5.13 Å². The van der Waals surface area contributed by atoms with Gasteiger partial charge in [0.2, 0.25) is 0 Å². The summed E-state index contributed by atoms with van der Waals surface area (Å²) in [7, 11) is 0. The Morgan fingerprint density at radius 2 is 2.00 bits per heavy atom. The molecule has 0 saturated carbocycles. The molecule has 0 fully saturated rings. The summed E-state index contributed by atoms with van der Waals surface area (Å²) in [5.41, 5.74) is 0.242. The van der Waals surface area contributed by atoms with Crippen LogP contribution in [0.2, 0.25) is 0 Å². The summed E-state index contributed by atoms with van der Waals surface area (Å²) in [4.78, 5) is 16.8. The first-order valence-corrected chi connectivity index (χ1v) is 6.48. The van der Waals surface area contributed by atoms with Gasteiger partial charge < -0.3 is 10.1 Å². The van der Waals surface area contributed by atoms with Gasteiger partial charge in [-0.1, -0.05) is 11.3 Å². The van der Waals surface area contributed by atoms with Crippen molar-refractivity contribution in [3.8, 4) is 0 Å². The molecular formula is C12H20N2O2S. The van der Waals surface area contributed by atoms with E-state index < -0.39 is 5.60 Å². The number of thiazole rings is 1. The van der Waals surface area contributed by atoms with Crippen molar-refractivity contribution in [1.29, 1.82) is 0 Å². The second-order valence-corrected chi connectivity index (χ2v) is 6.23. The van der Waals surface area contributed by atoms with Crippen molar-refractivity contribution in [2.75, 3.05) is 5.32 Å². The number of esters is 1. The molecule has 1 N–H and O–H groups in total.